The minimum Gasteiger partial charge on any atom is -0.327 e. The molecule has 0 saturated heterocycles. The number of benzene rings is 1. The molecule has 1 atom stereocenters. The molecular formula is C12H13F2N3O3. The Labute approximate surface area is 113 Å². The minimum atomic E-state index is -1.19. The van der Waals surface area contributed by atoms with Crippen molar-refractivity contribution >= 4 is 17.3 Å². The Bertz CT molecular complexity index is 561. The second kappa shape index (κ2) is 5.49. The summed E-state index contributed by atoms with van der Waals surface area (Å²) in [7, 11) is 0. The van der Waals surface area contributed by atoms with E-state index in [1.54, 1.807) is 0 Å². The highest BCUT2D eigenvalue weighted by molar-refractivity contribution is 5.93. The van der Waals surface area contributed by atoms with Crippen LogP contribution in [0.1, 0.15) is 19.3 Å². The van der Waals surface area contributed by atoms with Crippen LogP contribution in [-0.4, -0.2) is 16.9 Å². The maximum absolute atomic E-state index is 13.5. The second-order valence-corrected chi connectivity index (χ2v) is 4.79. The lowest BCUT2D eigenvalue weighted by Gasteiger charge is -2.11. The van der Waals surface area contributed by atoms with Gasteiger partial charge in [0.05, 0.1) is 11.0 Å². The highest BCUT2D eigenvalue weighted by Gasteiger charge is 2.30. The molecule has 1 fully saturated rings. The summed E-state index contributed by atoms with van der Waals surface area (Å²) in [6.45, 7) is 0. The van der Waals surface area contributed by atoms with E-state index in [1.165, 1.54) is 0 Å². The van der Waals surface area contributed by atoms with Crippen LogP contribution < -0.4 is 11.1 Å². The minimum absolute atomic E-state index is 0.0569. The van der Waals surface area contributed by atoms with Crippen LogP contribution in [0.2, 0.25) is 0 Å². The van der Waals surface area contributed by atoms with Crippen molar-refractivity contribution in [2.24, 2.45) is 11.7 Å². The number of hydrogen-bond acceptors (Lipinski definition) is 4. The molecular weight excluding hydrogens is 272 g/mol. The van der Waals surface area contributed by atoms with E-state index in [0.29, 0.717) is 12.1 Å². The number of rotatable bonds is 5. The molecule has 1 aromatic rings. The predicted molar refractivity (Wildman–Crippen MR) is 67.0 cm³/mol. The van der Waals surface area contributed by atoms with Crippen LogP contribution in [-0.2, 0) is 4.79 Å². The number of nitrogens with zero attached hydrogens (tertiary/aromatic N) is 1. The summed E-state index contributed by atoms with van der Waals surface area (Å²) in [4.78, 5) is 21.5. The lowest BCUT2D eigenvalue weighted by atomic mass is 10.1. The molecule has 0 radical (unpaired) electrons. The van der Waals surface area contributed by atoms with E-state index in [4.69, 9.17) is 5.73 Å². The Kier molecular flexibility index (Phi) is 3.93. The van der Waals surface area contributed by atoms with Gasteiger partial charge in [0.25, 0.3) is 5.69 Å². The van der Waals surface area contributed by atoms with Crippen molar-refractivity contribution in [2.45, 2.75) is 25.3 Å². The Morgan fingerprint density at radius 3 is 2.70 bits per heavy atom. The number of amides is 1. The third-order valence-corrected chi connectivity index (χ3v) is 3.14. The van der Waals surface area contributed by atoms with E-state index >= 15 is 0 Å². The largest absolute Gasteiger partial charge is 0.327 e. The quantitative estimate of drug-likeness (QED) is 0.638. The van der Waals surface area contributed by atoms with Crippen molar-refractivity contribution in [3.8, 4) is 0 Å². The molecule has 1 aromatic carbocycles. The van der Waals surface area contributed by atoms with Gasteiger partial charge in [0, 0.05) is 18.5 Å². The van der Waals surface area contributed by atoms with Crippen LogP contribution in [0, 0.1) is 27.7 Å². The highest BCUT2D eigenvalue weighted by atomic mass is 19.1. The van der Waals surface area contributed by atoms with Gasteiger partial charge in [-0.3, -0.25) is 14.9 Å². The molecule has 0 bridgehead atoms. The molecule has 1 amide bonds. The third kappa shape index (κ3) is 3.27. The van der Waals surface area contributed by atoms with Gasteiger partial charge >= 0.3 is 0 Å². The molecule has 0 aromatic heterocycles. The predicted octanol–water partition coefficient (Wildman–Crippen LogP) is 1.94. The molecule has 1 aliphatic carbocycles. The molecule has 20 heavy (non-hydrogen) atoms. The fourth-order valence-electron chi connectivity index (χ4n) is 1.92. The average Bonchev–Trinajstić information content (AvgIpc) is 3.15. The van der Waals surface area contributed by atoms with E-state index in [1.807, 2.05) is 0 Å². The summed E-state index contributed by atoms with van der Waals surface area (Å²) >= 11 is 0. The van der Waals surface area contributed by atoms with Crippen molar-refractivity contribution in [1.29, 1.82) is 0 Å². The number of carbonyl (C=O) groups is 1. The molecule has 2 rings (SSSR count). The van der Waals surface area contributed by atoms with Gasteiger partial charge in [0.1, 0.15) is 5.82 Å². The van der Waals surface area contributed by atoms with Gasteiger partial charge in [0.15, 0.2) is 11.5 Å². The van der Waals surface area contributed by atoms with Crippen LogP contribution in [0.3, 0.4) is 0 Å². The molecule has 1 saturated carbocycles. The maximum atomic E-state index is 13.5. The van der Waals surface area contributed by atoms with Crippen LogP contribution in [0.25, 0.3) is 0 Å². The van der Waals surface area contributed by atoms with Crippen LogP contribution in [0.5, 0.6) is 0 Å². The van der Waals surface area contributed by atoms with E-state index in [2.05, 4.69) is 5.32 Å². The summed E-state index contributed by atoms with van der Waals surface area (Å²) in [6, 6.07) is 0.681. The summed E-state index contributed by atoms with van der Waals surface area (Å²) in [5.41, 5.74) is 4.29. The lowest BCUT2D eigenvalue weighted by Crippen LogP contribution is -2.29. The summed E-state index contributed by atoms with van der Waals surface area (Å²) in [5.74, 6) is -2.63. The summed E-state index contributed by atoms with van der Waals surface area (Å²) < 4.78 is 26.5. The van der Waals surface area contributed by atoms with Crippen LogP contribution in [0.15, 0.2) is 12.1 Å². The normalized spacial score (nSPS) is 15.8. The van der Waals surface area contributed by atoms with Crippen LogP contribution in [0.4, 0.5) is 20.2 Å². The molecule has 0 spiro atoms. The molecule has 3 N–H and O–H groups in total. The first-order chi connectivity index (χ1) is 9.38. The number of nitrogens with two attached hydrogens (primary N) is 1. The Morgan fingerprint density at radius 1 is 1.50 bits per heavy atom. The lowest BCUT2D eigenvalue weighted by molar-refractivity contribution is -0.384. The van der Waals surface area contributed by atoms with Crippen molar-refractivity contribution < 1.29 is 18.5 Å². The van der Waals surface area contributed by atoms with E-state index in [-0.39, 0.29) is 18.4 Å². The first-order valence-electron chi connectivity index (χ1n) is 6.07. The zero-order valence-corrected chi connectivity index (χ0v) is 10.4. The average molecular weight is 285 g/mol. The van der Waals surface area contributed by atoms with Gasteiger partial charge in [0.2, 0.25) is 5.91 Å². The van der Waals surface area contributed by atoms with Gasteiger partial charge in [-0.05, 0) is 18.8 Å². The molecule has 0 heterocycles. The van der Waals surface area contributed by atoms with Gasteiger partial charge in [-0.15, -0.1) is 0 Å². The second-order valence-electron chi connectivity index (χ2n) is 4.79. The van der Waals surface area contributed by atoms with Crippen molar-refractivity contribution in [3.05, 3.63) is 33.9 Å². The monoisotopic (exact) mass is 285 g/mol. The van der Waals surface area contributed by atoms with Crippen molar-refractivity contribution in [3.63, 3.8) is 0 Å². The Balaban J connectivity index is 2.15. The van der Waals surface area contributed by atoms with E-state index < -0.39 is 33.8 Å². The summed E-state index contributed by atoms with van der Waals surface area (Å²) in [5, 5.41) is 12.8. The summed E-state index contributed by atoms with van der Waals surface area (Å²) in [6.07, 6.45) is 1.83. The number of hydrogen-bond donors (Lipinski definition) is 2. The smallest absolute Gasteiger partial charge is 0.298 e. The standard InChI is InChI=1S/C12H13F2N3O3/c13-7-3-8(14)12(10(4-7)17(19)20)16-11(18)5-9(15)6-1-2-6/h3-4,6,9H,1-2,5,15H2,(H,16,18). The Hall–Kier alpha value is -2.09. The van der Waals surface area contributed by atoms with Gasteiger partial charge < -0.3 is 11.1 Å². The van der Waals surface area contributed by atoms with Gasteiger partial charge in [-0.1, -0.05) is 0 Å². The molecule has 0 aliphatic heterocycles. The first kappa shape index (κ1) is 14.3. The molecule has 8 heteroatoms. The van der Waals surface area contributed by atoms with Gasteiger partial charge in [-0.25, -0.2) is 8.78 Å². The number of carbonyl (C=O) groups excluding carboxylic acids is 1. The zero-order valence-electron chi connectivity index (χ0n) is 10.4. The first-order valence-corrected chi connectivity index (χ1v) is 6.07. The van der Waals surface area contributed by atoms with Gasteiger partial charge in [-0.2, -0.15) is 0 Å². The van der Waals surface area contributed by atoms with E-state index in [9.17, 15) is 23.7 Å². The topological polar surface area (TPSA) is 98.3 Å². The maximum Gasteiger partial charge on any atom is 0.298 e. The fraction of sp³-hybridized carbons (Fsp3) is 0.417. The number of anilines is 1. The zero-order chi connectivity index (χ0) is 14.9. The van der Waals surface area contributed by atoms with Crippen LogP contribution >= 0.6 is 0 Å². The molecule has 1 aliphatic rings. The number of nitro benzene ring substituents is 1. The van der Waals surface area contributed by atoms with Crippen molar-refractivity contribution in [1.82, 2.24) is 0 Å². The number of nitrogens with one attached hydrogen (secondary N) is 1. The van der Waals surface area contributed by atoms with Crippen molar-refractivity contribution in [2.75, 3.05) is 5.32 Å². The number of halogens is 2. The molecule has 6 nitrogen and oxygen atoms in total. The molecule has 108 valence electrons. The fourth-order valence-corrected chi connectivity index (χ4v) is 1.92. The SMILES string of the molecule is NC(CC(=O)Nc1c(F)cc(F)cc1[N+](=O)[O-])C1CC1. The highest BCUT2D eigenvalue weighted by Crippen LogP contribution is 2.33. The van der Waals surface area contributed by atoms with E-state index in [0.717, 1.165) is 12.8 Å². The third-order valence-electron chi connectivity index (χ3n) is 3.14. The molecule has 1 unspecified atom stereocenters. The number of nitro groups is 1. The Morgan fingerprint density at radius 2 is 2.15 bits per heavy atom.